The van der Waals surface area contributed by atoms with Gasteiger partial charge in [-0.3, -0.25) is 0 Å². The molecular formula is C12H14N2OS. The number of thiazole rings is 1. The maximum atomic E-state index is 10.6. The van der Waals surface area contributed by atoms with Gasteiger partial charge in [-0.25, -0.2) is 4.98 Å². The molecule has 0 radical (unpaired) electrons. The molecule has 0 aliphatic heterocycles. The fourth-order valence-corrected chi connectivity index (χ4v) is 2.51. The largest absolute Gasteiger partial charge is 0.380 e. The van der Waals surface area contributed by atoms with Gasteiger partial charge in [0, 0.05) is 6.20 Å². The van der Waals surface area contributed by atoms with Crippen LogP contribution in [0.3, 0.4) is 0 Å². The van der Waals surface area contributed by atoms with Crippen LogP contribution >= 0.6 is 11.3 Å². The van der Waals surface area contributed by atoms with E-state index in [1.807, 2.05) is 31.2 Å². The minimum atomic E-state index is -1.03. The Hall–Kier alpha value is -1.39. The first-order chi connectivity index (χ1) is 7.51. The summed E-state index contributed by atoms with van der Waals surface area (Å²) in [5, 5.41) is 11.0. The second-order valence-corrected chi connectivity index (χ2v) is 5.01. The van der Waals surface area contributed by atoms with Gasteiger partial charge < -0.3 is 10.8 Å². The van der Waals surface area contributed by atoms with Crippen LogP contribution < -0.4 is 5.73 Å². The number of nitrogen functional groups attached to an aromatic ring is 1. The Kier molecular flexibility index (Phi) is 2.69. The average molecular weight is 234 g/mol. The smallest absolute Gasteiger partial charge is 0.180 e. The summed E-state index contributed by atoms with van der Waals surface area (Å²) in [5.74, 6) is 0. The van der Waals surface area contributed by atoms with Gasteiger partial charge in [0.05, 0.1) is 4.88 Å². The van der Waals surface area contributed by atoms with Gasteiger partial charge >= 0.3 is 0 Å². The third-order valence-electron chi connectivity index (χ3n) is 2.67. The number of nitrogens with zero attached hydrogens (tertiary/aromatic N) is 1. The zero-order chi connectivity index (χ0) is 11.8. The normalized spacial score (nSPS) is 14.7. The van der Waals surface area contributed by atoms with Crippen molar-refractivity contribution in [3.05, 3.63) is 46.5 Å². The Labute approximate surface area is 98.6 Å². The van der Waals surface area contributed by atoms with Crippen LogP contribution in [0.1, 0.15) is 22.9 Å². The number of aromatic nitrogens is 1. The SMILES string of the molecule is Cc1ccccc1C(C)(O)c1cnc(N)s1. The molecule has 0 aliphatic rings. The van der Waals surface area contributed by atoms with Gasteiger partial charge in [-0.2, -0.15) is 0 Å². The van der Waals surface area contributed by atoms with Gasteiger partial charge in [-0.15, -0.1) is 0 Å². The zero-order valence-electron chi connectivity index (χ0n) is 9.27. The highest BCUT2D eigenvalue weighted by molar-refractivity contribution is 7.15. The first-order valence-corrected chi connectivity index (χ1v) is 5.83. The van der Waals surface area contributed by atoms with E-state index in [1.54, 1.807) is 13.1 Å². The van der Waals surface area contributed by atoms with Crippen molar-refractivity contribution in [2.45, 2.75) is 19.4 Å². The minimum Gasteiger partial charge on any atom is -0.380 e. The highest BCUT2D eigenvalue weighted by Gasteiger charge is 2.29. The van der Waals surface area contributed by atoms with Crippen molar-refractivity contribution in [1.82, 2.24) is 4.98 Å². The lowest BCUT2D eigenvalue weighted by atomic mass is 9.91. The molecule has 3 nitrogen and oxygen atoms in total. The van der Waals surface area contributed by atoms with E-state index in [0.717, 1.165) is 16.0 Å². The first-order valence-electron chi connectivity index (χ1n) is 5.02. The standard InChI is InChI=1S/C12H14N2OS/c1-8-5-3-4-6-9(8)12(2,15)10-7-14-11(13)16-10/h3-7,15H,1-2H3,(H2,13,14). The number of benzene rings is 1. The zero-order valence-corrected chi connectivity index (χ0v) is 10.1. The molecule has 3 N–H and O–H groups in total. The van der Waals surface area contributed by atoms with E-state index in [-0.39, 0.29) is 0 Å². The van der Waals surface area contributed by atoms with Crippen LogP contribution in [-0.2, 0) is 5.60 Å². The van der Waals surface area contributed by atoms with Crippen molar-refractivity contribution in [3.8, 4) is 0 Å². The van der Waals surface area contributed by atoms with Crippen LogP contribution in [0.25, 0.3) is 0 Å². The average Bonchev–Trinajstić information content (AvgIpc) is 2.66. The molecule has 2 aromatic rings. The van der Waals surface area contributed by atoms with Crippen LogP contribution in [0.2, 0.25) is 0 Å². The Bertz CT molecular complexity index is 505. The van der Waals surface area contributed by atoms with Gasteiger partial charge in [0.25, 0.3) is 0 Å². The lowest BCUT2D eigenvalue weighted by Crippen LogP contribution is -2.22. The van der Waals surface area contributed by atoms with Crippen molar-refractivity contribution in [3.63, 3.8) is 0 Å². The van der Waals surface area contributed by atoms with Gasteiger partial charge in [0.1, 0.15) is 5.60 Å². The molecule has 16 heavy (non-hydrogen) atoms. The molecule has 0 fully saturated rings. The topological polar surface area (TPSA) is 59.1 Å². The van der Waals surface area contributed by atoms with Gasteiger partial charge in [-0.05, 0) is 25.0 Å². The molecule has 1 atom stereocenters. The monoisotopic (exact) mass is 234 g/mol. The van der Waals surface area contributed by atoms with Crippen LogP contribution in [0.4, 0.5) is 5.13 Å². The lowest BCUT2D eigenvalue weighted by molar-refractivity contribution is 0.105. The summed E-state index contributed by atoms with van der Waals surface area (Å²) in [6, 6.07) is 7.77. The molecule has 0 spiro atoms. The number of nitrogens with two attached hydrogens (primary N) is 1. The number of hydrogen-bond acceptors (Lipinski definition) is 4. The van der Waals surface area contributed by atoms with E-state index in [0.29, 0.717) is 5.13 Å². The summed E-state index contributed by atoms with van der Waals surface area (Å²) in [7, 11) is 0. The molecule has 0 amide bonds. The fraction of sp³-hybridized carbons (Fsp3) is 0.250. The lowest BCUT2D eigenvalue weighted by Gasteiger charge is -2.23. The fourth-order valence-electron chi connectivity index (χ4n) is 1.76. The van der Waals surface area contributed by atoms with E-state index in [9.17, 15) is 5.11 Å². The van der Waals surface area contributed by atoms with Gasteiger partial charge in [0.2, 0.25) is 0 Å². The summed E-state index contributed by atoms with van der Waals surface area (Å²) in [4.78, 5) is 4.74. The van der Waals surface area contributed by atoms with Crippen molar-refractivity contribution < 1.29 is 5.11 Å². The number of aliphatic hydroxyl groups is 1. The predicted molar refractivity (Wildman–Crippen MR) is 66.4 cm³/mol. The Morgan fingerprint density at radius 3 is 2.62 bits per heavy atom. The van der Waals surface area contributed by atoms with Gasteiger partial charge in [0.15, 0.2) is 5.13 Å². The molecule has 0 saturated carbocycles. The van der Waals surface area contributed by atoms with Crippen molar-refractivity contribution in [2.24, 2.45) is 0 Å². The molecule has 1 unspecified atom stereocenters. The second-order valence-electron chi connectivity index (χ2n) is 3.95. The molecule has 0 saturated heterocycles. The van der Waals surface area contributed by atoms with Crippen LogP contribution in [-0.4, -0.2) is 10.1 Å². The summed E-state index contributed by atoms with van der Waals surface area (Å²) < 4.78 is 0. The van der Waals surface area contributed by atoms with E-state index >= 15 is 0 Å². The maximum absolute atomic E-state index is 10.6. The molecule has 84 valence electrons. The molecule has 1 aromatic carbocycles. The third kappa shape index (κ3) is 1.81. The van der Waals surface area contributed by atoms with Gasteiger partial charge in [-0.1, -0.05) is 35.6 Å². The van der Waals surface area contributed by atoms with Crippen LogP contribution in [0.5, 0.6) is 0 Å². The number of rotatable bonds is 2. The molecule has 0 aliphatic carbocycles. The predicted octanol–water partition coefficient (Wildman–Crippen LogP) is 2.29. The Balaban J connectivity index is 2.50. The minimum absolute atomic E-state index is 0.476. The van der Waals surface area contributed by atoms with Crippen molar-refractivity contribution in [1.29, 1.82) is 0 Å². The first kappa shape index (κ1) is 11.1. The third-order valence-corrected chi connectivity index (χ3v) is 3.71. The summed E-state index contributed by atoms with van der Waals surface area (Å²) in [6.07, 6.45) is 1.63. The van der Waals surface area contributed by atoms with Crippen molar-refractivity contribution in [2.75, 3.05) is 5.73 Å². The summed E-state index contributed by atoms with van der Waals surface area (Å²) >= 11 is 1.31. The highest BCUT2D eigenvalue weighted by Crippen LogP contribution is 2.34. The summed E-state index contributed by atoms with van der Waals surface area (Å²) in [5.41, 5.74) is 6.50. The number of aryl methyl sites for hydroxylation is 1. The van der Waals surface area contributed by atoms with Crippen LogP contribution in [0.15, 0.2) is 30.5 Å². The van der Waals surface area contributed by atoms with E-state index in [2.05, 4.69) is 4.98 Å². The quantitative estimate of drug-likeness (QED) is 0.838. The van der Waals surface area contributed by atoms with Crippen LogP contribution in [0, 0.1) is 6.92 Å². The molecule has 0 bridgehead atoms. The van der Waals surface area contributed by atoms with E-state index in [4.69, 9.17) is 5.73 Å². The Morgan fingerprint density at radius 2 is 2.06 bits per heavy atom. The number of hydrogen-bond donors (Lipinski definition) is 2. The molecule has 4 heteroatoms. The molecule has 1 heterocycles. The number of anilines is 1. The maximum Gasteiger partial charge on any atom is 0.180 e. The molecular weight excluding hydrogens is 220 g/mol. The molecule has 2 rings (SSSR count). The van der Waals surface area contributed by atoms with E-state index < -0.39 is 5.60 Å². The highest BCUT2D eigenvalue weighted by atomic mass is 32.1. The second kappa shape index (κ2) is 3.88. The summed E-state index contributed by atoms with van der Waals surface area (Å²) in [6.45, 7) is 3.75. The Morgan fingerprint density at radius 1 is 1.38 bits per heavy atom. The molecule has 1 aromatic heterocycles. The van der Waals surface area contributed by atoms with Crippen molar-refractivity contribution >= 4 is 16.5 Å². The van der Waals surface area contributed by atoms with E-state index in [1.165, 1.54) is 11.3 Å².